The lowest BCUT2D eigenvalue weighted by atomic mass is 10.1. The topological polar surface area (TPSA) is 78.4 Å². The van der Waals surface area contributed by atoms with Crippen LogP contribution < -0.4 is 10.6 Å². The maximum Gasteiger partial charge on any atom is 0.326 e. The number of carboxylic acid groups (broad SMARTS) is 1. The standard InChI is InChI=1S/C14H19FN2O3S/c1-9(10-5-3-4-6-11(10)15)16-14(20)17-12(13(18)19)7-8-21-2/h3-6,9,12H,7-8H2,1-2H3,(H,18,19)(H2,16,17,20)/t9?,12-/m1/s1. The maximum atomic E-state index is 13.6. The van der Waals surface area contributed by atoms with Gasteiger partial charge in [-0.15, -0.1) is 0 Å². The molecule has 0 aliphatic carbocycles. The molecule has 0 radical (unpaired) electrons. The molecule has 0 saturated carbocycles. The van der Waals surface area contributed by atoms with Crippen molar-refractivity contribution >= 4 is 23.8 Å². The van der Waals surface area contributed by atoms with E-state index in [2.05, 4.69) is 10.6 Å². The van der Waals surface area contributed by atoms with E-state index in [4.69, 9.17) is 5.11 Å². The van der Waals surface area contributed by atoms with Gasteiger partial charge in [0.15, 0.2) is 0 Å². The Bertz CT molecular complexity index is 499. The van der Waals surface area contributed by atoms with Gasteiger partial charge in [-0.2, -0.15) is 11.8 Å². The molecule has 1 rings (SSSR count). The number of nitrogens with one attached hydrogen (secondary N) is 2. The Kier molecular flexibility index (Phi) is 7.01. The van der Waals surface area contributed by atoms with Gasteiger partial charge in [0.1, 0.15) is 11.9 Å². The Morgan fingerprint density at radius 2 is 2.00 bits per heavy atom. The van der Waals surface area contributed by atoms with Gasteiger partial charge in [-0.1, -0.05) is 18.2 Å². The first-order valence-electron chi connectivity index (χ1n) is 6.49. The average Bonchev–Trinajstić information content (AvgIpc) is 2.43. The summed E-state index contributed by atoms with van der Waals surface area (Å²) in [7, 11) is 0. The van der Waals surface area contributed by atoms with Gasteiger partial charge < -0.3 is 15.7 Å². The maximum absolute atomic E-state index is 13.6. The van der Waals surface area contributed by atoms with Crippen LogP contribution in [0.4, 0.5) is 9.18 Å². The summed E-state index contributed by atoms with van der Waals surface area (Å²) in [6.07, 6.45) is 2.19. The molecular formula is C14H19FN2O3S. The second kappa shape index (κ2) is 8.51. The summed E-state index contributed by atoms with van der Waals surface area (Å²) >= 11 is 1.50. The summed E-state index contributed by atoms with van der Waals surface area (Å²) in [5.74, 6) is -0.875. The van der Waals surface area contributed by atoms with Gasteiger partial charge >= 0.3 is 12.0 Å². The van der Waals surface area contributed by atoms with E-state index in [-0.39, 0.29) is 0 Å². The quantitative estimate of drug-likeness (QED) is 0.722. The zero-order valence-electron chi connectivity index (χ0n) is 11.9. The summed E-state index contributed by atoms with van der Waals surface area (Å²) in [5.41, 5.74) is 0.351. The van der Waals surface area contributed by atoms with E-state index in [1.54, 1.807) is 25.1 Å². The second-order valence-electron chi connectivity index (χ2n) is 4.53. The molecule has 0 bridgehead atoms. The Labute approximate surface area is 127 Å². The minimum Gasteiger partial charge on any atom is -0.480 e. The van der Waals surface area contributed by atoms with Gasteiger partial charge in [0.25, 0.3) is 0 Å². The van der Waals surface area contributed by atoms with Crippen LogP contribution in [0.3, 0.4) is 0 Å². The summed E-state index contributed by atoms with van der Waals surface area (Å²) in [4.78, 5) is 22.8. The normalized spacial score (nSPS) is 13.3. The largest absolute Gasteiger partial charge is 0.480 e. The van der Waals surface area contributed by atoms with E-state index >= 15 is 0 Å². The molecule has 116 valence electrons. The monoisotopic (exact) mass is 314 g/mol. The van der Waals surface area contributed by atoms with Crippen molar-refractivity contribution in [2.45, 2.75) is 25.4 Å². The SMILES string of the molecule is CSCC[C@@H](NC(=O)NC(C)c1ccccc1F)C(=O)O. The number of urea groups is 1. The molecule has 0 aliphatic heterocycles. The second-order valence-corrected chi connectivity index (χ2v) is 5.52. The summed E-state index contributed by atoms with van der Waals surface area (Å²) in [6.45, 7) is 1.63. The van der Waals surface area contributed by atoms with Gasteiger partial charge in [-0.25, -0.2) is 14.0 Å². The van der Waals surface area contributed by atoms with Crippen LogP contribution in [0.1, 0.15) is 24.9 Å². The number of carboxylic acids is 1. The highest BCUT2D eigenvalue weighted by Gasteiger charge is 2.21. The summed E-state index contributed by atoms with van der Waals surface area (Å²) in [5, 5.41) is 14.0. The van der Waals surface area contributed by atoms with Crippen LogP contribution in [-0.2, 0) is 4.79 Å². The molecule has 5 nitrogen and oxygen atoms in total. The van der Waals surface area contributed by atoms with Crippen LogP contribution in [0.2, 0.25) is 0 Å². The molecule has 0 heterocycles. The lowest BCUT2D eigenvalue weighted by Crippen LogP contribution is -2.46. The van der Waals surface area contributed by atoms with Crippen LogP contribution in [0.5, 0.6) is 0 Å². The molecule has 1 aromatic carbocycles. The first-order valence-corrected chi connectivity index (χ1v) is 7.88. The molecule has 0 spiro atoms. The fraction of sp³-hybridized carbons (Fsp3) is 0.429. The fourth-order valence-electron chi connectivity index (χ4n) is 1.79. The summed E-state index contributed by atoms with van der Waals surface area (Å²) in [6, 6.07) is 3.99. The van der Waals surface area contributed by atoms with E-state index < -0.39 is 29.9 Å². The molecule has 2 amide bonds. The van der Waals surface area contributed by atoms with Crippen molar-refractivity contribution in [1.82, 2.24) is 10.6 Å². The number of carbonyl (C=O) groups is 2. The van der Waals surface area contributed by atoms with Crippen LogP contribution >= 0.6 is 11.8 Å². The Hall–Kier alpha value is -1.76. The van der Waals surface area contributed by atoms with E-state index in [0.717, 1.165) is 0 Å². The van der Waals surface area contributed by atoms with Crippen molar-refractivity contribution in [3.63, 3.8) is 0 Å². The van der Waals surface area contributed by atoms with Gasteiger partial charge in [0, 0.05) is 5.56 Å². The smallest absolute Gasteiger partial charge is 0.326 e. The number of thioether (sulfide) groups is 1. The number of benzene rings is 1. The molecule has 1 aromatic rings. The van der Waals surface area contributed by atoms with E-state index in [0.29, 0.717) is 17.7 Å². The number of carbonyl (C=O) groups excluding carboxylic acids is 1. The minimum absolute atomic E-state index is 0.331. The Morgan fingerprint density at radius 1 is 1.33 bits per heavy atom. The lowest BCUT2D eigenvalue weighted by molar-refractivity contribution is -0.139. The Morgan fingerprint density at radius 3 is 2.57 bits per heavy atom. The predicted octanol–water partition coefficient (Wildman–Crippen LogP) is 2.39. The van der Waals surface area contributed by atoms with E-state index in [1.165, 1.54) is 17.8 Å². The van der Waals surface area contributed by atoms with E-state index in [9.17, 15) is 14.0 Å². The Balaban J connectivity index is 2.59. The van der Waals surface area contributed by atoms with Crippen molar-refractivity contribution in [2.75, 3.05) is 12.0 Å². The highest BCUT2D eigenvalue weighted by molar-refractivity contribution is 7.98. The van der Waals surface area contributed by atoms with Crippen molar-refractivity contribution in [3.8, 4) is 0 Å². The molecular weight excluding hydrogens is 295 g/mol. The molecule has 7 heteroatoms. The fourth-order valence-corrected chi connectivity index (χ4v) is 2.27. The molecule has 0 saturated heterocycles. The highest BCUT2D eigenvalue weighted by atomic mass is 32.2. The van der Waals surface area contributed by atoms with Gasteiger partial charge in [-0.05, 0) is 31.4 Å². The van der Waals surface area contributed by atoms with Crippen LogP contribution in [0, 0.1) is 5.82 Å². The molecule has 3 N–H and O–H groups in total. The molecule has 0 aromatic heterocycles. The van der Waals surface area contributed by atoms with Gasteiger partial charge in [-0.3, -0.25) is 0 Å². The van der Waals surface area contributed by atoms with Gasteiger partial charge in [0.05, 0.1) is 6.04 Å². The van der Waals surface area contributed by atoms with Crippen molar-refractivity contribution in [3.05, 3.63) is 35.6 Å². The van der Waals surface area contributed by atoms with Crippen LogP contribution in [0.25, 0.3) is 0 Å². The number of aliphatic carboxylic acids is 1. The first kappa shape index (κ1) is 17.3. The summed E-state index contributed by atoms with van der Waals surface area (Å²) < 4.78 is 13.6. The van der Waals surface area contributed by atoms with Crippen LogP contribution in [-0.4, -0.2) is 35.2 Å². The first-order chi connectivity index (χ1) is 9.95. The number of rotatable bonds is 7. The third-order valence-corrected chi connectivity index (χ3v) is 3.58. The predicted molar refractivity (Wildman–Crippen MR) is 80.9 cm³/mol. The molecule has 1 unspecified atom stereocenters. The molecule has 21 heavy (non-hydrogen) atoms. The van der Waals surface area contributed by atoms with Crippen molar-refractivity contribution in [1.29, 1.82) is 0 Å². The lowest BCUT2D eigenvalue weighted by Gasteiger charge is -2.18. The zero-order valence-corrected chi connectivity index (χ0v) is 12.7. The van der Waals surface area contributed by atoms with E-state index in [1.807, 2.05) is 6.26 Å². The molecule has 0 fully saturated rings. The van der Waals surface area contributed by atoms with Crippen molar-refractivity contribution in [2.24, 2.45) is 0 Å². The molecule has 0 aliphatic rings. The number of halogens is 1. The number of hydrogen-bond donors (Lipinski definition) is 3. The third kappa shape index (κ3) is 5.63. The zero-order chi connectivity index (χ0) is 15.8. The van der Waals surface area contributed by atoms with Gasteiger partial charge in [0.2, 0.25) is 0 Å². The third-order valence-electron chi connectivity index (χ3n) is 2.93. The minimum atomic E-state index is -1.09. The number of amides is 2. The molecule has 2 atom stereocenters. The average molecular weight is 314 g/mol. The van der Waals surface area contributed by atoms with Crippen LogP contribution in [0.15, 0.2) is 24.3 Å². The highest BCUT2D eigenvalue weighted by Crippen LogP contribution is 2.15. The number of hydrogen-bond acceptors (Lipinski definition) is 3. The van der Waals surface area contributed by atoms with Crippen molar-refractivity contribution < 1.29 is 19.1 Å².